The van der Waals surface area contributed by atoms with Gasteiger partial charge in [-0.15, -0.1) is 0 Å². The molecule has 0 aromatic heterocycles. The van der Waals surface area contributed by atoms with Gasteiger partial charge in [0.1, 0.15) is 0 Å². The third-order valence-corrected chi connectivity index (χ3v) is 0. The topological polar surface area (TPSA) is 40.5 Å². The number of halogens is 1. The van der Waals surface area contributed by atoms with E-state index in [1.54, 1.807) is 27.7 Å². The van der Waals surface area contributed by atoms with Crippen molar-refractivity contribution in [2.75, 3.05) is 0 Å². The standard InChI is InChI=1S/2C3H8O.CH3.ClH.Ti/c2*1-3(2)4;;;/h2*3-4H,1-2H3;1H3;1H;/q;;-1;;+2/p-1. The molecule has 0 aliphatic rings. The van der Waals surface area contributed by atoms with Gasteiger partial charge in [0.15, 0.2) is 0 Å². The van der Waals surface area contributed by atoms with Gasteiger partial charge in [-0.25, -0.2) is 0 Å². The Bertz CT molecular complexity index is 31.9. The van der Waals surface area contributed by atoms with Crippen molar-refractivity contribution in [1.82, 2.24) is 0 Å². The zero-order valence-corrected chi connectivity index (χ0v) is 10.2. The molecule has 0 atom stereocenters. The Morgan fingerprint density at radius 1 is 0.909 bits per heavy atom. The first-order valence-corrected chi connectivity index (χ1v) is 5.16. The molecule has 0 amide bonds. The van der Waals surface area contributed by atoms with E-state index in [9.17, 15) is 0 Å². The first-order chi connectivity index (χ1) is 4.46. The third kappa shape index (κ3) is 1020. The van der Waals surface area contributed by atoms with E-state index in [0.717, 1.165) is 0 Å². The summed E-state index contributed by atoms with van der Waals surface area (Å²) in [6.07, 6.45) is -0.333. The summed E-state index contributed by atoms with van der Waals surface area (Å²) in [6, 6.07) is 0. The van der Waals surface area contributed by atoms with Crippen molar-refractivity contribution in [3.63, 3.8) is 0 Å². The third-order valence-electron chi connectivity index (χ3n) is 0. The maximum atomic E-state index is 8.06. The van der Waals surface area contributed by atoms with Crippen LogP contribution in [0.2, 0.25) is 0 Å². The van der Waals surface area contributed by atoms with E-state index in [-0.39, 0.29) is 19.6 Å². The molecule has 11 heavy (non-hydrogen) atoms. The van der Waals surface area contributed by atoms with E-state index in [1.807, 2.05) is 0 Å². The van der Waals surface area contributed by atoms with Gasteiger partial charge in [0, 0.05) is 12.2 Å². The maximum absolute atomic E-state index is 8.06. The first kappa shape index (κ1) is 22.7. The van der Waals surface area contributed by atoms with Crippen molar-refractivity contribution in [2.24, 2.45) is 0 Å². The fraction of sp³-hybridized carbons (Fsp3) is 0.857. The number of aliphatic hydroxyl groups is 2. The number of rotatable bonds is 0. The summed E-state index contributed by atoms with van der Waals surface area (Å²) < 4.78 is 0. The van der Waals surface area contributed by atoms with Crippen LogP contribution in [0.15, 0.2) is 0 Å². The summed E-state index contributed by atoms with van der Waals surface area (Å²) in [5.41, 5.74) is 0. The van der Waals surface area contributed by atoms with E-state index in [0.29, 0.717) is 0 Å². The van der Waals surface area contributed by atoms with Crippen LogP contribution in [0, 0.1) is 7.43 Å². The summed E-state index contributed by atoms with van der Waals surface area (Å²) in [6.45, 7) is 6.89. The molecule has 0 aliphatic carbocycles. The molecule has 0 radical (unpaired) electrons. The van der Waals surface area contributed by atoms with E-state index >= 15 is 0 Å². The van der Waals surface area contributed by atoms with Gasteiger partial charge in [0.2, 0.25) is 0 Å². The Hall–Kier alpha value is 0.924. The molecule has 0 saturated heterocycles. The fourth-order valence-electron chi connectivity index (χ4n) is 0. The Labute approximate surface area is 86.2 Å². The minimum atomic E-state index is -0.167. The summed E-state index contributed by atoms with van der Waals surface area (Å²) in [5, 5.41) is 16.1. The first-order valence-electron chi connectivity index (χ1n) is 3.01. The number of hydrogen-bond donors (Lipinski definition) is 2. The molecule has 0 aromatic carbocycles. The SMILES string of the molecule is CC(C)O.CC(C)O.[CH3-].[Cl][Ti+]. The Morgan fingerprint density at radius 3 is 0.909 bits per heavy atom. The van der Waals surface area contributed by atoms with Crippen LogP contribution >= 0.6 is 9.30 Å². The van der Waals surface area contributed by atoms with Gasteiger partial charge in [0.25, 0.3) is 0 Å². The molecular formula is C7H19ClO2Ti. The zero-order valence-electron chi connectivity index (χ0n) is 7.93. The van der Waals surface area contributed by atoms with Crippen LogP contribution < -0.4 is 0 Å². The zero-order chi connectivity index (χ0) is 9.15. The summed E-state index contributed by atoms with van der Waals surface area (Å²) in [4.78, 5) is 0. The van der Waals surface area contributed by atoms with Gasteiger partial charge in [-0.3, -0.25) is 0 Å². The van der Waals surface area contributed by atoms with Crippen LogP contribution in [0.5, 0.6) is 0 Å². The van der Waals surface area contributed by atoms with Gasteiger partial charge < -0.3 is 17.6 Å². The van der Waals surface area contributed by atoms with Crippen molar-refractivity contribution < 1.29 is 29.6 Å². The normalized spacial score (nSPS) is 6.91. The number of aliphatic hydroxyl groups excluding tert-OH is 2. The van der Waals surface area contributed by atoms with Crippen molar-refractivity contribution in [3.8, 4) is 0 Å². The fourth-order valence-corrected chi connectivity index (χ4v) is 0. The molecule has 0 aliphatic heterocycles. The Balaban J connectivity index is -0.0000000339. The van der Waals surface area contributed by atoms with Crippen LogP contribution in [0.4, 0.5) is 0 Å². The molecule has 0 aromatic rings. The molecule has 0 bridgehead atoms. The predicted molar refractivity (Wildman–Crippen MR) is 47.0 cm³/mol. The van der Waals surface area contributed by atoms with E-state index in [2.05, 4.69) is 9.30 Å². The van der Waals surface area contributed by atoms with Crippen LogP contribution in [0.25, 0.3) is 0 Å². The monoisotopic (exact) mass is 218 g/mol. The van der Waals surface area contributed by atoms with Gasteiger partial charge in [-0.2, -0.15) is 0 Å². The van der Waals surface area contributed by atoms with Gasteiger partial charge in [-0.1, -0.05) is 0 Å². The van der Waals surface area contributed by atoms with Crippen LogP contribution in [-0.2, 0) is 19.4 Å². The van der Waals surface area contributed by atoms with Gasteiger partial charge >= 0.3 is 28.7 Å². The molecule has 0 rings (SSSR count). The van der Waals surface area contributed by atoms with Crippen LogP contribution in [-0.4, -0.2) is 22.4 Å². The summed E-state index contributed by atoms with van der Waals surface area (Å²) >= 11 is 1.47. The average molecular weight is 219 g/mol. The molecule has 0 spiro atoms. The van der Waals surface area contributed by atoms with E-state index in [4.69, 9.17) is 10.2 Å². The van der Waals surface area contributed by atoms with Crippen molar-refractivity contribution in [1.29, 1.82) is 0 Å². The van der Waals surface area contributed by atoms with E-state index < -0.39 is 0 Å². The van der Waals surface area contributed by atoms with Gasteiger partial charge in [0.05, 0.1) is 0 Å². The molecular weight excluding hydrogens is 199 g/mol. The second kappa shape index (κ2) is 22.4. The van der Waals surface area contributed by atoms with Crippen molar-refractivity contribution >= 4 is 9.30 Å². The quantitative estimate of drug-likeness (QED) is 0.482. The minimum absolute atomic E-state index is 0. The molecule has 70 valence electrons. The predicted octanol–water partition coefficient (Wildman–Crippen LogP) is 1.91. The van der Waals surface area contributed by atoms with Crippen LogP contribution in [0.3, 0.4) is 0 Å². The van der Waals surface area contributed by atoms with Crippen molar-refractivity contribution in [2.45, 2.75) is 39.9 Å². The Kier molecular flexibility index (Phi) is 46.2. The molecule has 2 nitrogen and oxygen atoms in total. The molecule has 0 fully saturated rings. The second-order valence-corrected chi connectivity index (χ2v) is 2.19. The molecule has 4 heteroatoms. The number of hydrogen-bond acceptors (Lipinski definition) is 2. The molecule has 0 heterocycles. The molecule has 0 unspecified atom stereocenters. The molecule has 0 saturated carbocycles. The van der Waals surface area contributed by atoms with E-state index in [1.165, 1.54) is 19.4 Å². The summed E-state index contributed by atoms with van der Waals surface area (Å²) in [5.74, 6) is 0. The van der Waals surface area contributed by atoms with Crippen LogP contribution in [0.1, 0.15) is 27.7 Å². The Morgan fingerprint density at radius 2 is 0.909 bits per heavy atom. The molecule has 2 N–H and O–H groups in total. The second-order valence-electron chi connectivity index (χ2n) is 2.19. The summed E-state index contributed by atoms with van der Waals surface area (Å²) in [7, 11) is 4.64. The average Bonchev–Trinajstić information content (AvgIpc) is 1.66. The van der Waals surface area contributed by atoms with Crippen molar-refractivity contribution in [3.05, 3.63) is 7.43 Å². The van der Waals surface area contributed by atoms with Gasteiger partial charge in [-0.05, 0) is 27.7 Å².